The van der Waals surface area contributed by atoms with E-state index >= 15 is 0 Å². The predicted octanol–water partition coefficient (Wildman–Crippen LogP) is 2.84. The molecule has 0 radical (unpaired) electrons. The zero-order valence-electron chi connectivity index (χ0n) is 15.8. The van der Waals surface area contributed by atoms with E-state index in [-0.39, 0.29) is 42.0 Å². The summed E-state index contributed by atoms with van der Waals surface area (Å²) in [6, 6.07) is 7.12. The Morgan fingerprint density at radius 1 is 1.27 bits per heavy atom. The maximum absolute atomic E-state index is 13.0. The van der Waals surface area contributed by atoms with Crippen LogP contribution in [0.4, 0.5) is 5.69 Å². The third kappa shape index (κ3) is 2.68. The number of benzene rings is 1. The molecule has 0 aromatic heterocycles. The van der Waals surface area contributed by atoms with Crippen molar-refractivity contribution in [2.45, 2.75) is 40.0 Å². The van der Waals surface area contributed by atoms with Crippen molar-refractivity contribution < 1.29 is 19.1 Å². The summed E-state index contributed by atoms with van der Waals surface area (Å²) in [5.41, 5.74) is -0.299. The number of fused-ring (bicyclic) bond motifs is 2. The number of anilines is 1. The number of imide groups is 1. The molecule has 1 aromatic carbocycles. The number of likely N-dealkylation sites (tertiary alicyclic amines) is 1. The standard InChI is InChI=1S/C20H26N2O4/c1-19(2)13-9-11-20(19,3)18(25)22(17(13)24)12-10-16(23)21-14-7-5-6-8-15(14)26-4/h5-8,13H,9-12H2,1-4H3,(H,21,23). The van der Waals surface area contributed by atoms with Gasteiger partial charge in [0, 0.05) is 18.9 Å². The van der Waals surface area contributed by atoms with Crippen LogP contribution in [0.25, 0.3) is 0 Å². The summed E-state index contributed by atoms with van der Waals surface area (Å²) in [5.74, 6) is -0.121. The van der Waals surface area contributed by atoms with Gasteiger partial charge in [-0.25, -0.2) is 0 Å². The molecule has 2 atom stereocenters. The van der Waals surface area contributed by atoms with Gasteiger partial charge in [0.15, 0.2) is 0 Å². The number of carbonyl (C=O) groups excluding carboxylic acids is 3. The minimum absolute atomic E-state index is 0.0682. The summed E-state index contributed by atoms with van der Waals surface area (Å²) in [5, 5.41) is 2.78. The average molecular weight is 358 g/mol. The van der Waals surface area contributed by atoms with Crippen LogP contribution in [0.5, 0.6) is 5.75 Å². The molecule has 2 aliphatic rings. The molecule has 2 fully saturated rings. The Kier molecular flexibility index (Phi) is 4.54. The number of hydrogen-bond acceptors (Lipinski definition) is 4. The van der Waals surface area contributed by atoms with Gasteiger partial charge in [0.25, 0.3) is 0 Å². The van der Waals surface area contributed by atoms with Crippen molar-refractivity contribution >= 4 is 23.4 Å². The number of carbonyl (C=O) groups is 3. The van der Waals surface area contributed by atoms with E-state index in [1.54, 1.807) is 18.2 Å². The second kappa shape index (κ2) is 6.41. The van der Waals surface area contributed by atoms with Crippen LogP contribution in [0.15, 0.2) is 24.3 Å². The fraction of sp³-hybridized carbons (Fsp3) is 0.550. The lowest BCUT2D eigenvalue weighted by Crippen LogP contribution is -2.59. The first-order valence-electron chi connectivity index (χ1n) is 9.01. The summed E-state index contributed by atoms with van der Waals surface area (Å²) < 4.78 is 5.21. The minimum Gasteiger partial charge on any atom is -0.495 e. The van der Waals surface area contributed by atoms with Crippen LogP contribution >= 0.6 is 0 Å². The summed E-state index contributed by atoms with van der Waals surface area (Å²) in [6.07, 6.45) is 1.52. The van der Waals surface area contributed by atoms with Gasteiger partial charge in [-0.3, -0.25) is 19.3 Å². The minimum atomic E-state index is -0.537. The van der Waals surface area contributed by atoms with Crippen molar-refractivity contribution in [1.29, 1.82) is 0 Å². The molecule has 1 heterocycles. The largest absolute Gasteiger partial charge is 0.495 e. The molecule has 2 bridgehead atoms. The highest BCUT2D eigenvalue weighted by Crippen LogP contribution is 2.60. The van der Waals surface area contributed by atoms with Crippen LogP contribution in [0.3, 0.4) is 0 Å². The fourth-order valence-electron chi connectivity index (χ4n) is 4.29. The van der Waals surface area contributed by atoms with E-state index in [2.05, 4.69) is 5.32 Å². The first kappa shape index (κ1) is 18.4. The fourth-order valence-corrected chi connectivity index (χ4v) is 4.29. The van der Waals surface area contributed by atoms with Crippen LogP contribution in [0.1, 0.15) is 40.0 Å². The zero-order valence-corrected chi connectivity index (χ0v) is 15.8. The smallest absolute Gasteiger partial charge is 0.235 e. The van der Waals surface area contributed by atoms with Crippen LogP contribution in [-0.2, 0) is 14.4 Å². The second-order valence-corrected chi connectivity index (χ2v) is 7.94. The summed E-state index contributed by atoms with van der Waals surface area (Å²) in [4.78, 5) is 39.3. The van der Waals surface area contributed by atoms with Crippen molar-refractivity contribution in [2.75, 3.05) is 19.0 Å². The molecule has 1 aliphatic heterocycles. The molecule has 6 heteroatoms. The van der Waals surface area contributed by atoms with Gasteiger partial charge in [-0.15, -0.1) is 0 Å². The normalized spacial score (nSPS) is 26.8. The van der Waals surface area contributed by atoms with Crippen molar-refractivity contribution in [3.63, 3.8) is 0 Å². The summed E-state index contributed by atoms with van der Waals surface area (Å²) in [7, 11) is 1.54. The van der Waals surface area contributed by atoms with Crippen LogP contribution in [-0.4, -0.2) is 36.3 Å². The number of ether oxygens (including phenoxy) is 1. The number of rotatable bonds is 5. The molecule has 0 spiro atoms. The molecule has 1 N–H and O–H groups in total. The van der Waals surface area contributed by atoms with Gasteiger partial charge in [-0.2, -0.15) is 0 Å². The van der Waals surface area contributed by atoms with Gasteiger partial charge in [0.1, 0.15) is 5.75 Å². The highest BCUT2D eigenvalue weighted by molar-refractivity contribution is 6.04. The molecule has 1 saturated heterocycles. The summed E-state index contributed by atoms with van der Waals surface area (Å²) >= 11 is 0. The number of hydrogen-bond donors (Lipinski definition) is 1. The third-order valence-electron chi connectivity index (χ3n) is 6.45. The maximum atomic E-state index is 13.0. The summed E-state index contributed by atoms with van der Waals surface area (Å²) in [6.45, 7) is 6.07. The third-order valence-corrected chi connectivity index (χ3v) is 6.45. The molecule has 26 heavy (non-hydrogen) atoms. The maximum Gasteiger partial charge on any atom is 0.235 e. The number of nitrogens with one attached hydrogen (secondary N) is 1. The van der Waals surface area contributed by atoms with E-state index in [0.29, 0.717) is 11.4 Å². The van der Waals surface area contributed by atoms with Gasteiger partial charge in [0.2, 0.25) is 17.7 Å². The molecule has 6 nitrogen and oxygen atoms in total. The van der Waals surface area contributed by atoms with E-state index in [0.717, 1.165) is 12.8 Å². The Morgan fingerprint density at radius 2 is 1.96 bits per heavy atom. The predicted molar refractivity (Wildman–Crippen MR) is 97.6 cm³/mol. The van der Waals surface area contributed by atoms with Crippen molar-refractivity contribution in [3.05, 3.63) is 24.3 Å². The highest BCUT2D eigenvalue weighted by Gasteiger charge is 2.64. The monoisotopic (exact) mass is 358 g/mol. The lowest BCUT2D eigenvalue weighted by molar-refractivity contribution is -0.167. The SMILES string of the molecule is COc1ccccc1NC(=O)CCN1C(=O)C2CCC(C)(C1=O)C2(C)C. The second-order valence-electron chi connectivity index (χ2n) is 7.94. The first-order chi connectivity index (χ1) is 12.2. The molecular formula is C20H26N2O4. The van der Waals surface area contributed by atoms with Gasteiger partial charge in [-0.1, -0.05) is 32.9 Å². The molecule has 1 saturated carbocycles. The topological polar surface area (TPSA) is 75.7 Å². The number of methoxy groups -OCH3 is 1. The first-order valence-corrected chi connectivity index (χ1v) is 9.01. The number of piperidine rings is 1. The van der Waals surface area contributed by atoms with E-state index in [9.17, 15) is 14.4 Å². The average Bonchev–Trinajstić information content (AvgIpc) is 2.79. The number of amides is 3. The van der Waals surface area contributed by atoms with Gasteiger partial charge in [0.05, 0.1) is 18.2 Å². The van der Waals surface area contributed by atoms with Crippen LogP contribution in [0, 0.1) is 16.7 Å². The molecular weight excluding hydrogens is 332 g/mol. The van der Waals surface area contributed by atoms with Gasteiger partial charge in [-0.05, 0) is 30.4 Å². The lowest BCUT2D eigenvalue weighted by Gasteiger charge is -2.47. The van der Waals surface area contributed by atoms with Gasteiger partial charge < -0.3 is 10.1 Å². The Morgan fingerprint density at radius 3 is 2.65 bits per heavy atom. The van der Waals surface area contributed by atoms with Crippen LogP contribution in [0.2, 0.25) is 0 Å². The van der Waals surface area contributed by atoms with E-state index in [1.165, 1.54) is 12.0 Å². The van der Waals surface area contributed by atoms with Crippen molar-refractivity contribution in [1.82, 2.24) is 4.90 Å². The zero-order chi connectivity index (χ0) is 19.1. The Hall–Kier alpha value is -2.37. The van der Waals surface area contributed by atoms with E-state index < -0.39 is 5.41 Å². The lowest BCUT2D eigenvalue weighted by atomic mass is 9.62. The molecule has 140 valence electrons. The quantitative estimate of drug-likeness (QED) is 0.821. The van der Waals surface area contributed by atoms with Crippen molar-refractivity contribution in [2.24, 2.45) is 16.7 Å². The van der Waals surface area contributed by atoms with Crippen LogP contribution < -0.4 is 10.1 Å². The molecule has 2 unspecified atom stereocenters. The Bertz CT molecular complexity index is 758. The Labute approximate surface area is 153 Å². The van der Waals surface area contributed by atoms with E-state index in [4.69, 9.17) is 4.74 Å². The molecule has 1 aromatic rings. The molecule has 1 aliphatic carbocycles. The van der Waals surface area contributed by atoms with Crippen molar-refractivity contribution in [3.8, 4) is 5.75 Å². The highest BCUT2D eigenvalue weighted by atomic mass is 16.5. The van der Waals surface area contributed by atoms with Gasteiger partial charge >= 0.3 is 0 Å². The Balaban J connectivity index is 1.67. The van der Waals surface area contributed by atoms with E-state index in [1.807, 2.05) is 26.8 Å². The number of para-hydroxylation sites is 2. The molecule has 3 rings (SSSR count). The number of nitrogens with zero attached hydrogens (tertiary/aromatic N) is 1. The molecule has 3 amide bonds.